The first kappa shape index (κ1) is 14.4. The van der Waals surface area contributed by atoms with Crippen molar-refractivity contribution in [3.05, 3.63) is 41.2 Å². The fourth-order valence-electron chi connectivity index (χ4n) is 2.37. The van der Waals surface area contributed by atoms with Crippen LogP contribution in [0.4, 0.5) is 0 Å². The van der Waals surface area contributed by atoms with E-state index in [0.29, 0.717) is 41.4 Å². The van der Waals surface area contributed by atoms with Crippen molar-refractivity contribution in [2.45, 2.75) is 6.04 Å². The van der Waals surface area contributed by atoms with Crippen molar-refractivity contribution in [3.8, 4) is 22.9 Å². The first-order valence-electron chi connectivity index (χ1n) is 7.17. The molecular formula is C15H13ClN4O3. The Hall–Kier alpha value is -2.22. The molecule has 2 aromatic heterocycles. The summed E-state index contributed by atoms with van der Waals surface area (Å²) in [6.45, 7) is 1.97. The Labute approximate surface area is 136 Å². The molecule has 4 rings (SSSR count). The number of morpholine rings is 1. The van der Waals surface area contributed by atoms with Crippen LogP contribution in [0, 0.1) is 0 Å². The minimum Gasteiger partial charge on any atom is -0.378 e. The van der Waals surface area contributed by atoms with Gasteiger partial charge in [-0.25, -0.2) is 0 Å². The average Bonchev–Trinajstić information content (AvgIpc) is 3.25. The molecule has 1 fully saturated rings. The van der Waals surface area contributed by atoms with E-state index in [2.05, 4.69) is 20.6 Å². The molecule has 0 radical (unpaired) electrons. The number of ether oxygens (including phenoxy) is 1. The summed E-state index contributed by atoms with van der Waals surface area (Å²) in [4.78, 5) is 4.36. The lowest BCUT2D eigenvalue weighted by Crippen LogP contribution is -2.35. The number of halogens is 1. The highest BCUT2D eigenvalue weighted by molar-refractivity contribution is 6.30. The molecule has 1 unspecified atom stereocenters. The van der Waals surface area contributed by atoms with Crippen molar-refractivity contribution in [1.82, 2.24) is 20.6 Å². The number of benzene rings is 1. The highest BCUT2D eigenvalue weighted by Gasteiger charge is 2.22. The van der Waals surface area contributed by atoms with Gasteiger partial charge in [-0.3, -0.25) is 0 Å². The monoisotopic (exact) mass is 332 g/mol. The van der Waals surface area contributed by atoms with Crippen LogP contribution in [0.15, 0.2) is 39.4 Å². The Morgan fingerprint density at radius 1 is 1.17 bits per heavy atom. The molecule has 1 aromatic carbocycles. The molecule has 1 aliphatic heterocycles. The van der Waals surface area contributed by atoms with Crippen LogP contribution in [0.2, 0.25) is 5.02 Å². The molecule has 0 spiro atoms. The fraction of sp³-hybridized carbons (Fsp3) is 0.267. The van der Waals surface area contributed by atoms with E-state index in [0.717, 1.165) is 12.1 Å². The predicted octanol–water partition coefficient (Wildman–Crippen LogP) is 2.71. The number of hydrogen-bond donors (Lipinski definition) is 1. The SMILES string of the molecule is Clc1cccc(-c2cc(-c3nc(C4COCCN4)no3)no2)c1. The molecule has 1 N–H and O–H groups in total. The van der Waals surface area contributed by atoms with Crippen LogP contribution < -0.4 is 5.32 Å². The van der Waals surface area contributed by atoms with Crippen molar-refractivity contribution >= 4 is 11.6 Å². The van der Waals surface area contributed by atoms with Gasteiger partial charge in [-0.1, -0.05) is 34.0 Å². The Bertz CT molecular complexity index is 810. The normalized spacial score (nSPS) is 18.2. The van der Waals surface area contributed by atoms with Gasteiger partial charge in [0.05, 0.1) is 19.3 Å². The Morgan fingerprint density at radius 3 is 2.96 bits per heavy atom. The Morgan fingerprint density at radius 2 is 2.13 bits per heavy atom. The number of hydrogen-bond acceptors (Lipinski definition) is 7. The summed E-state index contributed by atoms with van der Waals surface area (Å²) in [6, 6.07) is 9.01. The molecule has 0 bridgehead atoms. The largest absolute Gasteiger partial charge is 0.378 e. The van der Waals surface area contributed by atoms with Crippen LogP contribution in [0.25, 0.3) is 22.9 Å². The summed E-state index contributed by atoms with van der Waals surface area (Å²) in [5.74, 6) is 1.44. The fourth-order valence-corrected chi connectivity index (χ4v) is 2.56. The molecule has 1 aliphatic rings. The van der Waals surface area contributed by atoms with Crippen LogP contribution in [0.3, 0.4) is 0 Å². The second-order valence-corrected chi connectivity index (χ2v) is 5.56. The maximum Gasteiger partial charge on any atom is 0.280 e. The highest BCUT2D eigenvalue weighted by Crippen LogP contribution is 2.27. The van der Waals surface area contributed by atoms with Gasteiger partial charge in [-0.2, -0.15) is 4.98 Å². The second-order valence-electron chi connectivity index (χ2n) is 5.13. The van der Waals surface area contributed by atoms with E-state index in [1.807, 2.05) is 12.1 Å². The third kappa shape index (κ3) is 2.98. The van der Waals surface area contributed by atoms with Gasteiger partial charge < -0.3 is 19.1 Å². The molecular weight excluding hydrogens is 320 g/mol. The molecule has 0 amide bonds. The van der Waals surface area contributed by atoms with Gasteiger partial charge in [0.15, 0.2) is 17.3 Å². The lowest BCUT2D eigenvalue weighted by atomic mass is 10.1. The smallest absolute Gasteiger partial charge is 0.280 e. The summed E-state index contributed by atoms with van der Waals surface area (Å²) in [7, 11) is 0. The number of aromatic nitrogens is 3. The predicted molar refractivity (Wildman–Crippen MR) is 81.8 cm³/mol. The zero-order chi connectivity index (χ0) is 15.6. The minimum atomic E-state index is -0.0689. The van der Waals surface area contributed by atoms with Crippen LogP contribution in [-0.2, 0) is 4.74 Å². The van der Waals surface area contributed by atoms with E-state index in [9.17, 15) is 0 Å². The van der Waals surface area contributed by atoms with Crippen molar-refractivity contribution in [2.75, 3.05) is 19.8 Å². The van der Waals surface area contributed by atoms with Crippen molar-refractivity contribution in [1.29, 1.82) is 0 Å². The van der Waals surface area contributed by atoms with E-state index >= 15 is 0 Å². The highest BCUT2D eigenvalue weighted by atomic mass is 35.5. The molecule has 118 valence electrons. The lowest BCUT2D eigenvalue weighted by molar-refractivity contribution is 0.0734. The minimum absolute atomic E-state index is 0.0689. The lowest BCUT2D eigenvalue weighted by Gasteiger charge is -2.20. The summed E-state index contributed by atoms with van der Waals surface area (Å²) in [5, 5.41) is 11.9. The zero-order valence-electron chi connectivity index (χ0n) is 12.0. The van der Waals surface area contributed by atoms with Gasteiger partial charge in [-0.05, 0) is 12.1 Å². The van der Waals surface area contributed by atoms with Crippen LogP contribution in [-0.4, -0.2) is 35.1 Å². The number of rotatable bonds is 3. The maximum absolute atomic E-state index is 5.99. The van der Waals surface area contributed by atoms with Crippen LogP contribution in [0.1, 0.15) is 11.9 Å². The summed E-state index contributed by atoms with van der Waals surface area (Å²) in [5.41, 5.74) is 1.31. The van der Waals surface area contributed by atoms with Gasteiger partial charge in [-0.15, -0.1) is 0 Å². The number of nitrogens with one attached hydrogen (secondary N) is 1. The first-order chi connectivity index (χ1) is 11.3. The molecule has 7 nitrogen and oxygen atoms in total. The van der Waals surface area contributed by atoms with Crippen molar-refractivity contribution in [3.63, 3.8) is 0 Å². The first-order valence-corrected chi connectivity index (χ1v) is 7.55. The third-order valence-electron chi connectivity index (χ3n) is 3.51. The van der Waals surface area contributed by atoms with Gasteiger partial charge in [0.2, 0.25) is 0 Å². The summed E-state index contributed by atoms with van der Waals surface area (Å²) >= 11 is 5.99. The van der Waals surface area contributed by atoms with Crippen molar-refractivity contribution in [2.24, 2.45) is 0 Å². The standard InChI is InChI=1S/C15H13ClN4O3/c16-10-3-1-2-9(6-10)13-7-11(19-22-13)15-18-14(20-23-15)12-8-21-5-4-17-12/h1-3,6-7,12,17H,4-5,8H2. The molecule has 3 heterocycles. The van der Waals surface area contributed by atoms with E-state index in [1.165, 1.54) is 0 Å². The topological polar surface area (TPSA) is 86.2 Å². The molecule has 8 heteroatoms. The Balaban J connectivity index is 1.58. The summed E-state index contributed by atoms with van der Waals surface area (Å²) < 4.78 is 16.0. The van der Waals surface area contributed by atoms with Gasteiger partial charge in [0.1, 0.15) is 0 Å². The molecule has 1 saturated heterocycles. The molecule has 23 heavy (non-hydrogen) atoms. The van der Waals surface area contributed by atoms with Gasteiger partial charge >= 0.3 is 0 Å². The van der Waals surface area contributed by atoms with Crippen LogP contribution >= 0.6 is 11.6 Å². The van der Waals surface area contributed by atoms with Crippen LogP contribution in [0.5, 0.6) is 0 Å². The molecule has 3 aromatic rings. The molecule has 0 aliphatic carbocycles. The third-order valence-corrected chi connectivity index (χ3v) is 3.75. The van der Waals surface area contributed by atoms with Gasteiger partial charge in [0.25, 0.3) is 5.89 Å². The molecule has 1 atom stereocenters. The van der Waals surface area contributed by atoms with Gasteiger partial charge in [0, 0.05) is 23.2 Å². The maximum atomic E-state index is 5.99. The molecule has 0 saturated carbocycles. The number of nitrogens with zero attached hydrogens (tertiary/aromatic N) is 3. The van der Waals surface area contributed by atoms with Crippen molar-refractivity contribution < 1.29 is 13.8 Å². The van der Waals surface area contributed by atoms with E-state index in [4.69, 9.17) is 25.4 Å². The van der Waals surface area contributed by atoms with E-state index < -0.39 is 0 Å². The second kappa shape index (κ2) is 6.11. The average molecular weight is 333 g/mol. The summed E-state index contributed by atoms with van der Waals surface area (Å²) in [6.07, 6.45) is 0. The quantitative estimate of drug-likeness (QED) is 0.789. The van der Waals surface area contributed by atoms with E-state index in [-0.39, 0.29) is 6.04 Å². The Kier molecular flexibility index (Phi) is 3.82. The van der Waals surface area contributed by atoms with E-state index in [1.54, 1.807) is 18.2 Å². The zero-order valence-corrected chi connectivity index (χ0v) is 12.8.